The van der Waals surface area contributed by atoms with Crippen molar-refractivity contribution in [3.8, 4) is 0 Å². The summed E-state index contributed by atoms with van der Waals surface area (Å²) in [5, 5.41) is 18.6. The average Bonchev–Trinajstić information content (AvgIpc) is 2.55. The maximum Gasteiger partial charge on any atom is 0.341 e. The van der Waals surface area contributed by atoms with Gasteiger partial charge < -0.3 is 19.7 Å². The lowest BCUT2D eigenvalue weighted by atomic mass is 10.0. The van der Waals surface area contributed by atoms with E-state index in [-0.39, 0.29) is 29.7 Å². The van der Waals surface area contributed by atoms with Crippen molar-refractivity contribution >= 4 is 22.6 Å². The van der Waals surface area contributed by atoms with E-state index in [4.69, 9.17) is 5.11 Å². The van der Waals surface area contributed by atoms with Crippen LogP contribution in [0.2, 0.25) is 0 Å². The number of pyridine rings is 1. The predicted molar refractivity (Wildman–Crippen MR) is 88.2 cm³/mol. The quantitative estimate of drug-likeness (QED) is 0.882. The largest absolute Gasteiger partial charge is 0.477 e. The number of rotatable bonds is 3. The van der Waals surface area contributed by atoms with Crippen LogP contribution in [0.3, 0.4) is 0 Å². The number of benzene rings is 1. The topological polar surface area (TPSA) is 82.8 Å². The minimum Gasteiger partial charge on any atom is -0.477 e. The van der Waals surface area contributed by atoms with E-state index >= 15 is 4.39 Å². The fraction of sp³-hybridized carbons (Fsp3) is 0.412. The van der Waals surface area contributed by atoms with Gasteiger partial charge in [0.05, 0.1) is 17.0 Å². The smallest absolute Gasteiger partial charge is 0.341 e. The Morgan fingerprint density at radius 3 is 2.72 bits per heavy atom. The van der Waals surface area contributed by atoms with Crippen LogP contribution in [0.4, 0.5) is 14.5 Å². The third-order valence-electron chi connectivity index (χ3n) is 4.51. The Balaban J connectivity index is 2.31. The highest BCUT2D eigenvalue weighted by Crippen LogP contribution is 2.31. The third kappa shape index (κ3) is 2.86. The van der Waals surface area contributed by atoms with Gasteiger partial charge in [-0.25, -0.2) is 13.6 Å². The molecule has 0 aliphatic carbocycles. The Morgan fingerprint density at radius 1 is 1.40 bits per heavy atom. The van der Waals surface area contributed by atoms with Gasteiger partial charge >= 0.3 is 5.97 Å². The van der Waals surface area contributed by atoms with Crippen molar-refractivity contribution in [3.63, 3.8) is 0 Å². The molecule has 0 bridgehead atoms. The monoisotopic (exact) mass is 352 g/mol. The number of aromatic nitrogens is 1. The molecule has 1 atom stereocenters. The van der Waals surface area contributed by atoms with E-state index in [2.05, 4.69) is 0 Å². The SMILES string of the molecule is CCn1cc(C(=O)O)c(=O)c2cc(F)c(N3CCCC(O)C3)c(F)c21. The Labute approximate surface area is 141 Å². The molecule has 25 heavy (non-hydrogen) atoms. The number of aryl methyl sites for hydroxylation is 1. The Bertz CT molecular complexity index is 910. The van der Waals surface area contributed by atoms with Gasteiger partial charge in [0.15, 0.2) is 5.82 Å². The van der Waals surface area contributed by atoms with E-state index in [1.54, 1.807) is 6.92 Å². The van der Waals surface area contributed by atoms with Crippen molar-refractivity contribution in [2.75, 3.05) is 18.0 Å². The molecule has 0 amide bonds. The molecule has 134 valence electrons. The molecule has 1 fully saturated rings. The van der Waals surface area contributed by atoms with Crippen molar-refractivity contribution in [1.82, 2.24) is 4.57 Å². The van der Waals surface area contributed by atoms with Crippen LogP contribution >= 0.6 is 0 Å². The average molecular weight is 352 g/mol. The second-order valence-electron chi connectivity index (χ2n) is 6.12. The second-order valence-corrected chi connectivity index (χ2v) is 6.12. The molecule has 1 saturated heterocycles. The summed E-state index contributed by atoms with van der Waals surface area (Å²) in [6, 6.07) is 0.885. The van der Waals surface area contributed by atoms with Gasteiger partial charge in [0.2, 0.25) is 5.43 Å². The number of hydrogen-bond donors (Lipinski definition) is 2. The van der Waals surface area contributed by atoms with Gasteiger partial charge in [-0.1, -0.05) is 0 Å². The van der Waals surface area contributed by atoms with Crippen LogP contribution < -0.4 is 10.3 Å². The van der Waals surface area contributed by atoms with Crippen LogP contribution in [0.5, 0.6) is 0 Å². The highest BCUT2D eigenvalue weighted by molar-refractivity contribution is 5.93. The molecule has 3 rings (SSSR count). The van der Waals surface area contributed by atoms with Crippen LogP contribution in [0.25, 0.3) is 10.9 Å². The number of aliphatic hydroxyl groups excluding tert-OH is 1. The first-order valence-electron chi connectivity index (χ1n) is 8.06. The zero-order valence-electron chi connectivity index (χ0n) is 13.6. The molecular formula is C17H18F2N2O4. The first-order chi connectivity index (χ1) is 11.8. The summed E-state index contributed by atoms with van der Waals surface area (Å²) < 4.78 is 31.0. The van der Waals surface area contributed by atoms with Crippen molar-refractivity contribution in [2.45, 2.75) is 32.4 Å². The minimum absolute atomic E-state index is 0.100. The van der Waals surface area contributed by atoms with Crippen LogP contribution in [-0.4, -0.2) is 39.9 Å². The molecule has 1 aromatic heterocycles. The summed E-state index contributed by atoms with van der Waals surface area (Å²) in [5.74, 6) is -3.31. The normalized spacial score (nSPS) is 17.9. The highest BCUT2D eigenvalue weighted by Gasteiger charge is 2.27. The Morgan fingerprint density at radius 2 is 2.12 bits per heavy atom. The molecule has 0 saturated carbocycles. The standard InChI is InChI=1S/C17H18F2N2O4/c1-2-20-8-11(17(24)25)16(23)10-6-12(18)15(13(19)14(10)20)21-5-3-4-9(22)7-21/h6,8-9,22H,2-5,7H2,1H3,(H,24,25). The van der Waals surface area contributed by atoms with Crippen LogP contribution in [-0.2, 0) is 6.54 Å². The molecule has 2 N–H and O–H groups in total. The fourth-order valence-electron chi connectivity index (χ4n) is 3.33. The zero-order chi connectivity index (χ0) is 18.3. The van der Waals surface area contributed by atoms with Crippen molar-refractivity contribution in [2.24, 2.45) is 0 Å². The van der Waals surface area contributed by atoms with Gasteiger partial charge in [0, 0.05) is 25.8 Å². The molecule has 0 spiro atoms. The van der Waals surface area contributed by atoms with Crippen LogP contribution in [0.15, 0.2) is 17.1 Å². The number of carboxylic acid groups (broad SMARTS) is 1. The van der Waals surface area contributed by atoms with Gasteiger partial charge in [-0.3, -0.25) is 4.79 Å². The number of carboxylic acids is 1. The van der Waals surface area contributed by atoms with Gasteiger partial charge in [-0.2, -0.15) is 0 Å². The van der Waals surface area contributed by atoms with E-state index in [1.165, 1.54) is 9.47 Å². The molecule has 2 aromatic rings. The van der Waals surface area contributed by atoms with Gasteiger partial charge in [0.25, 0.3) is 0 Å². The molecule has 1 aliphatic heterocycles. The third-order valence-corrected chi connectivity index (χ3v) is 4.51. The maximum atomic E-state index is 15.1. The molecule has 0 radical (unpaired) electrons. The van der Waals surface area contributed by atoms with Crippen molar-refractivity contribution in [1.29, 1.82) is 0 Å². The predicted octanol–water partition coefficient (Wildman–Crippen LogP) is 1.96. The number of fused-ring (bicyclic) bond motifs is 1. The summed E-state index contributed by atoms with van der Waals surface area (Å²) in [7, 11) is 0. The van der Waals surface area contributed by atoms with Crippen molar-refractivity contribution < 1.29 is 23.8 Å². The number of β-amino-alcohol motifs (C(OH)–C–C–N with tert-alkyl or cyclic N) is 1. The lowest BCUT2D eigenvalue weighted by Gasteiger charge is -2.32. The highest BCUT2D eigenvalue weighted by atomic mass is 19.1. The molecule has 6 nitrogen and oxygen atoms in total. The number of aromatic carboxylic acids is 1. The van der Waals surface area contributed by atoms with Gasteiger partial charge in [0.1, 0.15) is 17.1 Å². The van der Waals surface area contributed by atoms with E-state index in [9.17, 15) is 19.1 Å². The minimum atomic E-state index is -1.45. The number of anilines is 1. The molecule has 8 heteroatoms. The summed E-state index contributed by atoms with van der Waals surface area (Å²) in [6.45, 7) is 2.37. The zero-order valence-corrected chi connectivity index (χ0v) is 13.6. The fourth-order valence-corrected chi connectivity index (χ4v) is 3.33. The van der Waals surface area contributed by atoms with E-state index < -0.39 is 34.7 Å². The Kier molecular flexibility index (Phi) is 4.47. The van der Waals surface area contributed by atoms with Crippen LogP contribution in [0.1, 0.15) is 30.1 Å². The van der Waals surface area contributed by atoms with Gasteiger partial charge in [-0.15, -0.1) is 0 Å². The lowest BCUT2D eigenvalue weighted by molar-refractivity contribution is 0.0694. The first-order valence-corrected chi connectivity index (χ1v) is 8.06. The van der Waals surface area contributed by atoms with Gasteiger partial charge in [-0.05, 0) is 25.8 Å². The molecular weight excluding hydrogens is 334 g/mol. The number of carbonyl (C=O) groups is 1. The summed E-state index contributed by atoms with van der Waals surface area (Å²) in [4.78, 5) is 24.9. The van der Waals surface area contributed by atoms with E-state index in [1.807, 2.05) is 0 Å². The summed E-state index contributed by atoms with van der Waals surface area (Å²) >= 11 is 0. The molecule has 1 aliphatic rings. The first kappa shape index (κ1) is 17.3. The Hall–Kier alpha value is -2.48. The second kappa shape index (κ2) is 6.44. The van der Waals surface area contributed by atoms with Crippen molar-refractivity contribution in [3.05, 3.63) is 39.7 Å². The lowest BCUT2D eigenvalue weighted by Crippen LogP contribution is -2.39. The number of nitrogens with zero attached hydrogens (tertiary/aromatic N) is 2. The number of halogens is 2. The summed E-state index contributed by atoms with van der Waals surface area (Å²) in [5.41, 5.74) is -1.88. The van der Waals surface area contributed by atoms with E-state index in [0.29, 0.717) is 19.4 Å². The molecule has 2 heterocycles. The number of hydrogen-bond acceptors (Lipinski definition) is 4. The molecule has 1 aromatic carbocycles. The number of aliphatic hydroxyl groups is 1. The summed E-state index contributed by atoms with van der Waals surface area (Å²) in [6.07, 6.45) is 1.56. The van der Waals surface area contributed by atoms with Crippen LogP contribution in [0, 0.1) is 11.6 Å². The number of piperidine rings is 1. The maximum absolute atomic E-state index is 15.1. The molecule has 1 unspecified atom stereocenters. The van der Waals surface area contributed by atoms with E-state index in [0.717, 1.165) is 12.3 Å².